The molecule has 2 aromatic rings. The van der Waals surface area contributed by atoms with Crippen molar-refractivity contribution in [3.8, 4) is 17.2 Å². The summed E-state index contributed by atoms with van der Waals surface area (Å²) >= 11 is 5.84. The number of phenols is 2. The van der Waals surface area contributed by atoms with E-state index in [4.69, 9.17) is 16.3 Å². The molecule has 4 nitrogen and oxygen atoms in total. The first-order valence-corrected chi connectivity index (χ1v) is 6.65. The van der Waals surface area contributed by atoms with Gasteiger partial charge >= 0.3 is 0 Å². The number of benzene rings is 2. The summed E-state index contributed by atoms with van der Waals surface area (Å²) in [7, 11) is 0. The second-order valence-electron chi connectivity index (χ2n) is 4.25. The lowest BCUT2D eigenvalue weighted by Gasteiger charge is -2.10. The van der Waals surface area contributed by atoms with E-state index in [2.05, 4.69) is 5.32 Å². The van der Waals surface area contributed by atoms with Crippen LogP contribution in [0.5, 0.6) is 17.2 Å². The van der Waals surface area contributed by atoms with Gasteiger partial charge in [-0.1, -0.05) is 17.7 Å². The highest BCUT2D eigenvalue weighted by Crippen LogP contribution is 2.28. The van der Waals surface area contributed by atoms with Crippen molar-refractivity contribution in [3.05, 3.63) is 47.0 Å². The monoisotopic (exact) mass is 293 g/mol. The highest BCUT2D eigenvalue weighted by atomic mass is 35.5. The Labute approximate surface area is 122 Å². The molecule has 0 unspecified atom stereocenters. The second kappa shape index (κ2) is 6.39. The molecular formula is C15H16ClNO3. The van der Waals surface area contributed by atoms with E-state index in [1.807, 2.05) is 13.0 Å². The van der Waals surface area contributed by atoms with Crippen LogP contribution in [-0.2, 0) is 6.54 Å². The second-order valence-corrected chi connectivity index (χ2v) is 4.66. The average Bonchev–Trinajstić information content (AvgIpc) is 2.43. The molecule has 20 heavy (non-hydrogen) atoms. The van der Waals surface area contributed by atoms with Gasteiger partial charge in [-0.25, -0.2) is 0 Å². The van der Waals surface area contributed by atoms with Gasteiger partial charge in [0.2, 0.25) is 0 Å². The first-order valence-electron chi connectivity index (χ1n) is 6.27. The number of hydrogen-bond acceptors (Lipinski definition) is 4. The summed E-state index contributed by atoms with van der Waals surface area (Å²) in [4.78, 5) is 0. The van der Waals surface area contributed by atoms with Crippen LogP contribution in [0.3, 0.4) is 0 Å². The maximum atomic E-state index is 9.63. The first kappa shape index (κ1) is 14.3. The Morgan fingerprint density at radius 3 is 2.55 bits per heavy atom. The van der Waals surface area contributed by atoms with Crippen molar-refractivity contribution in [2.24, 2.45) is 0 Å². The third kappa shape index (κ3) is 3.48. The molecule has 0 fully saturated rings. The van der Waals surface area contributed by atoms with Gasteiger partial charge in [-0.3, -0.25) is 0 Å². The highest BCUT2D eigenvalue weighted by molar-refractivity contribution is 6.32. The van der Waals surface area contributed by atoms with Gasteiger partial charge in [0.1, 0.15) is 5.75 Å². The van der Waals surface area contributed by atoms with Gasteiger partial charge in [0, 0.05) is 12.2 Å². The van der Waals surface area contributed by atoms with Crippen molar-refractivity contribution >= 4 is 17.3 Å². The normalized spacial score (nSPS) is 10.3. The third-order valence-electron chi connectivity index (χ3n) is 2.77. The molecule has 0 spiro atoms. The fraction of sp³-hybridized carbons (Fsp3) is 0.200. The summed E-state index contributed by atoms with van der Waals surface area (Å²) in [5.74, 6) is 0.652. The Hall–Kier alpha value is -2.07. The number of ether oxygens (including phenoxy) is 1. The zero-order valence-electron chi connectivity index (χ0n) is 11.1. The Morgan fingerprint density at radius 2 is 1.85 bits per heavy atom. The van der Waals surface area contributed by atoms with Crippen LogP contribution in [0.1, 0.15) is 12.5 Å². The Kier molecular flexibility index (Phi) is 4.58. The van der Waals surface area contributed by atoms with Gasteiger partial charge in [-0.15, -0.1) is 0 Å². The minimum absolute atomic E-state index is 0.0560. The number of hydrogen-bond donors (Lipinski definition) is 3. The minimum Gasteiger partial charge on any atom is -0.506 e. The van der Waals surface area contributed by atoms with Gasteiger partial charge in [0.25, 0.3) is 0 Å². The molecule has 0 aliphatic rings. The van der Waals surface area contributed by atoms with Crippen LogP contribution >= 0.6 is 11.6 Å². The molecule has 0 saturated carbocycles. The summed E-state index contributed by atoms with van der Waals surface area (Å²) in [6.07, 6.45) is 0. The predicted molar refractivity (Wildman–Crippen MR) is 79.7 cm³/mol. The molecule has 0 atom stereocenters. The van der Waals surface area contributed by atoms with Crippen molar-refractivity contribution in [2.45, 2.75) is 13.5 Å². The molecule has 0 radical (unpaired) electrons. The van der Waals surface area contributed by atoms with E-state index in [1.165, 1.54) is 6.07 Å². The van der Waals surface area contributed by atoms with Crippen molar-refractivity contribution in [1.29, 1.82) is 0 Å². The van der Waals surface area contributed by atoms with E-state index in [1.54, 1.807) is 24.3 Å². The number of halogens is 1. The molecule has 0 bridgehead atoms. The Morgan fingerprint density at radius 1 is 1.10 bits per heavy atom. The van der Waals surface area contributed by atoms with E-state index in [0.29, 0.717) is 23.9 Å². The summed E-state index contributed by atoms with van der Waals surface area (Å²) in [5, 5.41) is 22.5. The highest BCUT2D eigenvalue weighted by Gasteiger charge is 2.04. The van der Waals surface area contributed by atoms with E-state index >= 15 is 0 Å². The molecule has 5 heteroatoms. The molecule has 106 valence electrons. The van der Waals surface area contributed by atoms with Crippen LogP contribution < -0.4 is 10.1 Å². The molecular weight excluding hydrogens is 278 g/mol. The van der Waals surface area contributed by atoms with Crippen molar-refractivity contribution in [3.63, 3.8) is 0 Å². The zero-order chi connectivity index (χ0) is 14.5. The molecule has 2 rings (SSSR count). The van der Waals surface area contributed by atoms with Gasteiger partial charge in [-0.05, 0) is 42.8 Å². The largest absolute Gasteiger partial charge is 0.506 e. The lowest BCUT2D eigenvalue weighted by atomic mass is 10.2. The van der Waals surface area contributed by atoms with Gasteiger partial charge < -0.3 is 20.3 Å². The first-order chi connectivity index (χ1) is 9.60. The van der Waals surface area contributed by atoms with Crippen LogP contribution in [0.4, 0.5) is 5.69 Å². The van der Waals surface area contributed by atoms with E-state index < -0.39 is 0 Å². The molecule has 0 saturated heterocycles. The van der Waals surface area contributed by atoms with Gasteiger partial charge in [-0.2, -0.15) is 0 Å². The number of aromatic hydroxyl groups is 2. The molecule has 0 aliphatic heterocycles. The fourth-order valence-electron chi connectivity index (χ4n) is 1.76. The summed E-state index contributed by atoms with van der Waals surface area (Å²) < 4.78 is 5.33. The van der Waals surface area contributed by atoms with E-state index in [-0.39, 0.29) is 11.5 Å². The standard InChI is InChI=1S/C15H16ClNO3/c1-2-20-15-7-10(3-5-14(15)19)9-17-11-4-6-13(18)12(16)8-11/h3-8,17-19H,2,9H2,1H3. The number of phenolic OH excluding ortho intramolecular Hbond substituents is 2. The maximum absolute atomic E-state index is 9.63. The topological polar surface area (TPSA) is 61.7 Å². The van der Waals surface area contributed by atoms with Crippen molar-refractivity contribution in [1.82, 2.24) is 0 Å². The molecule has 0 aliphatic carbocycles. The van der Waals surface area contributed by atoms with E-state index in [0.717, 1.165) is 11.3 Å². The molecule has 3 N–H and O–H groups in total. The van der Waals surface area contributed by atoms with Gasteiger partial charge in [0.05, 0.1) is 11.6 Å². The number of anilines is 1. The van der Waals surface area contributed by atoms with Crippen LogP contribution in [0, 0.1) is 0 Å². The van der Waals surface area contributed by atoms with Crippen molar-refractivity contribution in [2.75, 3.05) is 11.9 Å². The smallest absolute Gasteiger partial charge is 0.161 e. The molecule has 0 heterocycles. The molecule has 0 aromatic heterocycles. The SMILES string of the molecule is CCOc1cc(CNc2ccc(O)c(Cl)c2)ccc1O. The lowest BCUT2D eigenvalue weighted by molar-refractivity contribution is 0.318. The third-order valence-corrected chi connectivity index (χ3v) is 3.07. The number of nitrogens with one attached hydrogen (secondary N) is 1. The average molecular weight is 294 g/mol. The lowest BCUT2D eigenvalue weighted by Crippen LogP contribution is -2.00. The van der Waals surface area contributed by atoms with Crippen LogP contribution in [-0.4, -0.2) is 16.8 Å². The van der Waals surface area contributed by atoms with E-state index in [9.17, 15) is 10.2 Å². The van der Waals surface area contributed by atoms with Crippen molar-refractivity contribution < 1.29 is 14.9 Å². The Balaban J connectivity index is 2.06. The van der Waals surface area contributed by atoms with Crippen LogP contribution in [0.25, 0.3) is 0 Å². The Bertz CT molecular complexity index is 602. The summed E-state index contributed by atoms with van der Waals surface area (Å²) in [6.45, 7) is 2.92. The van der Waals surface area contributed by atoms with Gasteiger partial charge in [0.15, 0.2) is 11.5 Å². The van der Waals surface area contributed by atoms with Crippen LogP contribution in [0.2, 0.25) is 5.02 Å². The maximum Gasteiger partial charge on any atom is 0.161 e. The minimum atomic E-state index is 0.0560. The fourth-order valence-corrected chi connectivity index (χ4v) is 1.94. The molecule has 2 aromatic carbocycles. The zero-order valence-corrected chi connectivity index (χ0v) is 11.8. The quantitative estimate of drug-likeness (QED) is 0.735. The molecule has 0 amide bonds. The van der Waals surface area contributed by atoms with Crippen LogP contribution in [0.15, 0.2) is 36.4 Å². The predicted octanol–water partition coefficient (Wildman–Crippen LogP) is 3.76. The summed E-state index contributed by atoms with van der Waals surface area (Å²) in [5.41, 5.74) is 1.77. The summed E-state index contributed by atoms with van der Waals surface area (Å²) in [6, 6.07) is 10.1. The number of rotatable bonds is 5.